The molecule has 0 aliphatic heterocycles. The summed E-state index contributed by atoms with van der Waals surface area (Å²) in [4.78, 5) is 7.44. The zero-order valence-electron chi connectivity index (χ0n) is 9.22. The fourth-order valence-electron chi connectivity index (χ4n) is 1.44. The minimum absolute atomic E-state index is 0.445. The van der Waals surface area contributed by atoms with E-state index in [0.29, 0.717) is 5.69 Å². The van der Waals surface area contributed by atoms with Crippen LogP contribution in [0.25, 0.3) is 0 Å². The first kappa shape index (κ1) is 12.1. The third-order valence-corrected chi connectivity index (χ3v) is 4.00. The molecule has 0 saturated carbocycles. The van der Waals surface area contributed by atoms with E-state index in [4.69, 9.17) is 5.26 Å². The number of nitriles is 1. The van der Waals surface area contributed by atoms with Gasteiger partial charge in [0.05, 0.1) is 18.4 Å². The Morgan fingerprint density at radius 3 is 2.88 bits per heavy atom. The number of hydrogen-bond acceptors (Lipinski definition) is 4. The number of pyridine rings is 1. The first-order valence-electron chi connectivity index (χ1n) is 4.99. The van der Waals surface area contributed by atoms with Crippen molar-refractivity contribution in [3.8, 4) is 6.07 Å². The predicted molar refractivity (Wildman–Crippen MR) is 73.1 cm³/mol. The maximum atomic E-state index is 8.68. The van der Waals surface area contributed by atoms with E-state index in [9.17, 15) is 0 Å². The molecule has 17 heavy (non-hydrogen) atoms. The van der Waals surface area contributed by atoms with Crippen LogP contribution in [0.4, 0.5) is 5.69 Å². The van der Waals surface area contributed by atoms with E-state index in [1.165, 1.54) is 4.88 Å². The van der Waals surface area contributed by atoms with Gasteiger partial charge in [0.1, 0.15) is 11.8 Å². The van der Waals surface area contributed by atoms with Gasteiger partial charge in [-0.15, -0.1) is 11.3 Å². The largest absolute Gasteiger partial charge is 0.368 e. The summed E-state index contributed by atoms with van der Waals surface area (Å²) in [5.41, 5.74) is 1.45. The average Bonchev–Trinajstić information content (AvgIpc) is 2.75. The fourth-order valence-corrected chi connectivity index (χ4v) is 2.94. The van der Waals surface area contributed by atoms with Crippen molar-refractivity contribution in [1.82, 2.24) is 4.98 Å². The van der Waals surface area contributed by atoms with Gasteiger partial charge >= 0.3 is 0 Å². The molecule has 0 atom stereocenters. The van der Waals surface area contributed by atoms with Gasteiger partial charge in [-0.25, -0.2) is 4.98 Å². The molecule has 0 amide bonds. The van der Waals surface area contributed by atoms with Crippen molar-refractivity contribution in [2.75, 3.05) is 11.9 Å². The van der Waals surface area contributed by atoms with Crippen molar-refractivity contribution >= 4 is 33.0 Å². The van der Waals surface area contributed by atoms with E-state index in [1.807, 2.05) is 19.2 Å². The Bertz CT molecular complexity index is 542. The highest BCUT2D eigenvalue weighted by Gasteiger charge is 2.04. The molecule has 2 aromatic rings. The molecule has 0 saturated heterocycles. The Morgan fingerprint density at radius 1 is 1.53 bits per heavy atom. The number of rotatable bonds is 3. The maximum absolute atomic E-state index is 8.68. The zero-order valence-corrected chi connectivity index (χ0v) is 11.6. The van der Waals surface area contributed by atoms with Crippen LogP contribution >= 0.6 is 27.3 Å². The van der Waals surface area contributed by atoms with E-state index < -0.39 is 0 Å². The highest BCUT2D eigenvalue weighted by Crippen LogP contribution is 2.22. The maximum Gasteiger partial charge on any atom is 0.140 e. The normalized spacial score (nSPS) is 9.94. The summed E-state index contributed by atoms with van der Waals surface area (Å²) in [6, 6.07) is 7.76. The lowest BCUT2D eigenvalue weighted by atomic mass is 10.3. The van der Waals surface area contributed by atoms with Gasteiger partial charge in [-0.3, -0.25) is 0 Å². The molecular formula is C12H10BrN3S. The van der Waals surface area contributed by atoms with Crippen molar-refractivity contribution in [3.63, 3.8) is 0 Å². The van der Waals surface area contributed by atoms with Gasteiger partial charge in [0.2, 0.25) is 0 Å². The average molecular weight is 308 g/mol. The molecular weight excluding hydrogens is 298 g/mol. The lowest BCUT2D eigenvalue weighted by Crippen LogP contribution is -2.15. The van der Waals surface area contributed by atoms with E-state index in [2.05, 4.69) is 37.3 Å². The summed E-state index contributed by atoms with van der Waals surface area (Å²) in [5, 5.41) is 10.7. The van der Waals surface area contributed by atoms with Gasteiger partial charge in [0, 0.05) is 21.8 Å². The molecule has 0 spiro atoms. The van der Waals surface area contributed by atoms with E-state index in [1.54, 1.807) is 23.6 Å². The predicted octanol–water partition coefficient (Wildman–Crippen LogP) is 3.41. The number of halogens is 1. The van der Waals surface area contributed by atoms with Crippen molar-refractivity contribution < 1.29 is 0 Å². The molecule has 0 aromatic carbocycles. The van der Waals surface area contributed by atoms with E-state index in [-0.39, 0.29) is 0 Å². The fraction of sp³-hybridized carbons (Fsp3) is 0.167. The van der Waals surface area contributed by atoms with Crippen molar-refractivity contribution in [1.29, 1.82) is 5.26 Å². The molecule has 0 N–H and O–H groups in total. The molecule has 0 fully saturated rings. The van der Waals surface area contributed by atoms with Crippen LogP contribution in [-0.2, 0) is 6.54 Å². The van der Waals surface area contributed by atoms with Crippen LogP contribution in [0.3, 0.4) is 0 Å². The standard InChI is InChI=1S/C12H10BrN3S/c1-16(7-12-4-9(13)8-17-12)11-3-2-10(5-14)15-6-11/h2-4,6,8H,7H2,1H3. The van der Waals surface area contributed by atoms with Crippen LogP contribution < -0.4 is 4.90 Å². The Kier molecular flexibility index (Phi) is 3.77. The first-order valence-corrected chi connectivity index (χ1v) is 6.66. The quantitative estimate of drug-likeness (QED) is 0.872. The molecule has 0 aliphatic rings. The number of anilines is 1. The lowest BCUT2D eigenvalue weighted by molar-refractivity contribution is 0.933. The molecule has 3 nitrogen and oxygen atoms in total. The molecule has 0 unspecified atom stereocenters. The van der Waals surface area contributed by atoms with Gasteiger partial charge < -0.3 is 4.90 Å². The van der Waals surface area contributed by atoms with Gasteiger partial charge in [-0.05, 0) is 34.1 Å². The zero-order chi connectivity index (χ0) is 12.3. The molecule has 86 valence electrons. The van der Waals surface area contributed by atoms with Crippen molar-refractivity contribution in [2.24, 2.45) is 0 Å². The highest BCUT2D eigenvalue weighted by molar-refractivity contribution is 9.10. The minimum atomic E-state index is 0.445. The summed E-state index contributed by atoms with van der Waals surface area (Å²) >= 11 is 5.16. The van der Waals surface area contributed by atoms with Gasteiger partial charge in [-0.2, -0.15) is 5.26 Å². The van der Waals surface area contributed by atoms with E-state index in [0.717, 1.165) is 16.7 Å². The third-order valence-electron chi connectivity index (χ3n) is 2.32. The second kappa shape index (κ2) is 5.30. The third kappa shape index (κ3) is 3.05. The molecule has 2 aromatic heterocycles. The smallest absolute Gasteiger partial charge is 0.140 e. The summed E-state index contributed by atoms with van der Waals surface area (Å²) in [5.74, 6) is 0. The number of nitrogens with zero attached hydrogens (tertiary/aromatic N) is 3. The van der Waals surface area contributed by atoms with Crippen molar-refractivity contribution in [2.45, 2.75) is 6.54 Å². The summed E-state index contributed by atoms with van der Waals surface area (Å²) in [7, 11) is 2.01. The van der Waals surface area contributed by atoms with Crippen LogP contribution in [0.2, 0.25) is 0 Å². The first-order chi connectivity index (χ1) is 8.19. The number of aromatic nitrogens is 1. The van der Waals surface area contributed by atoms with Gasteiger partial charge in [0.25, 0.3) is 0 Å². The molecule has 0 aliphatic carbocycles. The molecule has 2 rings (SSSR count). The topological polar surface area (TPSA) is 39.9 Å². The monoisotopic (exact) mass is 307 g/mol. The molecule has 0 radical (unpaired) electrons. The Hall–Kier alpha value is -1.38. The van der Waals surface area contributed by atoms with Crippen LogP contribution in [0.1, 0.15) is 10.6 Å². The SMILES string of the molecule is CN(Cc1cc(Br)cs1)c1ccc(C#N)nc1. The second-order valence-corrected chi connectivity index (χ2v) is 5.51. The summed E-state index contributed by atoms with van der Waals surface area (Å²) in [6.07, 6.45) is 1.72. The van der Waals surface area contributed by atoms with Crippen LogP contribution in [0, 0.1) is 11.3 Å². The van der Waals surface area contributed by atoms with E-state index >= 15 is 0 Å². The number of thiophene rings is 1. The van der Waals surface area contributed by atoms with Crippen molar-refractivity contribution in [3.05, 3.63) is 44.8 Å². The molecule has 2 heterocycles. The summed E-state index contributed by atoms with van der Waals surface area (Å²) < 4.78 is 1.11. The van der Waals surface area contributed by atoms with Crippen LogP contribution in [-0.4, -0.2) is 12.0 Å². The minimum Gasteiger partial charge on any atom is -0.368 e. The Morgan fingerprint density at radius 2 is 2.35 bits per heavy atom. The van der Waals surface area contributed by atoms with Crippen LogP contribution in [0.15, 0.2) is 34.2 Å². The number of hydrogen-bond donors (Lipinski definition) is 0. The second-order valence-electron chi connectivity index (χ2n) is 3.60. The lowest BCUT2D eigenvalue weighted by Gasteiger charge is -2.17. The Balaban J connectivity index is 2.09. The highest BCUT2D eigenvalue weighted by atomic mass is 79.9. The van der Waals surface area contributed by atoms with Gasteiger partial charge in [-0.1, -0.05) is 0 Å². The Labute approximate surface area is 112 Å². The van der Waals surface area contributed by atoms with Gasteiger partial charge in [0.15, 0.2) is 0 Å². The molecule has 0 bridgehead atoms. The molecule has 5 heteroatoms. The summed E-state index contributed by atoms with van der Waals surface area (Å²) in [6.45, 7) is 0.837. The van der Waals surface area contributed by atoms with Crippen LogP contribution in [0.5, 0.6) is 0 Å².